The van der Waals surface area contributed by atoms with Crippen molar-refractivity contribution >= 4 is 46.8 Å². The highest BCUT2D eigenvalue weighted by molar-refractivity contribution is 6.31. The van der Waals surface area contributed by atoms with E-state index in [4.69, 9.17) is 23.2 Å². The molecular formula is C23H22Cl2FN3O3. The molecule has 1 aliphatic heterocycles. The molecule has 6 nitrogen and oxygen atoms in total. The maximum Gasteiger partial charge on any atom is 0.267 e. The van der Waals surface area contributed by atoms with Crippen molar-refractivity contribution < 1.29 is 19.1 Å². The van der Waals surface area contributed by atoms with Gasteiger partial charge in [-0.25, -0.2) is 4.39 Å². The molecule has 0 aromatic heterocycles. The predicted octanol–water partition coefficient (Wildman–Crippen LogP) is 3.83. The largest absolute Gasteiger partial charge is 0.390 e. The molecule has 2 aromatic carbocycles. The van der Waals surface area contributed by atoms with E-state index in [1.54, 1.807) is 37.3 Å². The van der Waals surface area contributed by atoms with Crippen LogP contribution in [0, 0.1) is 5.82 Å². The first-order valence-corrected chi connectivity index (χ1v) is 10.9. The van der Waals surface area contributed by atoms with E-state index in [0.29, 0.717) is 47.6 Å². The van der Waals surface area contributed by atoms with Gasteiger partial charge in [-0.05, 0) is 43.5 Å². The standard InChI is InChI=1S/C23H22Cl2FN3O3/c1-23(32)8-13(9-23)29-22(31)21-19(15-3-2-4-17(25)20(15)26)16(10-27-21)14-6-5-12(24)7-18(14)28-11-30/h2-7,11,13,16,27,32H,8-10H2,1H3,(H,28,30)(H,29,31). The summed E-state index contributed by atoms with van der Waals surface area (Å²) in [4.78, 5) is 24.3. The minimum absolute atomic E-state index is 0.0576. The van der Waals surface area contributed by atoms with Gasteiger partial charge in [-0.1, -0.05) is 41.4 Å². The Morgan fingerprint density at radius 1 is 1.28 bits per heavy atom. The van der Waals surface area contributed by atoms with Crippen molar-refractivity contribution in [2.24, 2.45) is 0 Å². The first kappa shape index (κ1) is 22.6. The fourth-order valence-electron chi connectivity index (χ4n) is 4.46. The third kappa shape index (κ3) is 4.33. The molecular weight excluding hydrogens is 456 g/mol. The first-order chi connectivity index (χ1) is 15.2. The van der Waals surface area contributed by atoms with Crippen molar-refractivity contribution in [3.63, 3.8) is 0 Å². The van der Waals surface area contributed by atoms with Crippen LogP contribution < -0.4 is 16.0 Å². The molecule has 2 amide bonds. The van der Waals surface area contributed by atoms with Gasteiger partial charge < -0.3 is 21.1 Å². The summed E-state index contributed by atoms with van der Waals surface area (Å²) in [6.45, 7) is 2.02. The van der Waals surface area contributed by atoms with Gasteiger partial charge in [0.2, 0.25) is 6.41 Å². The summed E-state index contributed by atoms with van der Waals surface area (Å²) < 4.78 is 15.1. The molecule has 2 aromatic rings. The summed E-state index contributed by atoms with van der Waals surface area (Å²) in [7, 11) is 0. The van der Waals surface area contributed by atoms with Crippen LogP contribution in [-0.2, 0) is 9.59 Å². The molecule has 1 heterocycles. The van der Waals surface area contributed by atoms with Crippen molar-refractivity contribution in [3.05, 3.63) is 69.1 Å². The number of amides is 2. The molecule has 1 aliphatic carbocycles. The van der Waals surface area contributed by atoms with Crippen LogP contribution in [0.1, 0.15) is 36.8 Å². The van der Waals surface area contributed by atoms with Crippen molar-refractivity contribution in [3.8, 4) is 0 Å². The van der Waals surface area contributed by atoms with Crippen molar-refractivity contribution in [1.82, 2.24) is 10.6 Å². The maximum atomic E-state index is 15.1. The fourth-order valence-corrected chi connectivity index (χ4v) is 4.81. The smallest absolute Gasteiger partial charge is 0.267 e. The number of carbonyl (C=O) groups is 2. The number of benzene rings is 2. The molecule has 168 valence electrons. The highest BCUT2D eigenvalue weighted by atomic mass is 35.5. The average Bonchev–Trinajstić information content (AvgIpc) is 3.14. The maximum absolute atomic E-state index is 15.1. The molecule has 4 N–H and O–H groups in total. The van der Waals surface area contributed by atoms with Crippen LogP contribution in [0.15, 0.2) is 42.1 Å². The molecule has 1 atom stereocenters. The number of rotatable bonds is 6. The molecule has 32 heavy (non-hydrogen) atoms. The Kier molecular flexibility index (Phi) is 6.16. The van der Waals surface area contributed by atoms with E-state index >= 15 is 4.39 Å². The lowest BCUT2D eigenvalue weighted by atomic mass is 9.77. The Labute approximate surface area is 194 Å². The van der Waals surface area contributed by atoms with E-state index in [-0.39, 0.29) is 28.2 Å². The molecule has 0 spiro atoms. The fraction of sp³-hybridized carbons (Fsp3) is 0.304. The lowest BCUT2D eigenvalue weighted by Gasteiger charge is -2.41. The summed E-state index contributed by atoms with van der Waals surface area (Å²) in [6.07, 6.45) is 1.43. The average molecular weight is 478 g/mol. The zero-order valence-electron chi connectivity index (χ0n) is 17.2. The van der Waals surface area contributed by atoms with E-state index in [0.717, 1.165) is 0 Å². The molecule has 1 saturated carbocycles. The number of carbonyl (C=O) groups excluding carboxylic acids is 2. The first-order valence-electron chi connectivity index (χ1n) is 10.2. The van der Waals surface area contributed by atoms with Crippen molar-refractivity contribution in [1.29, 1.82) is 0 Å². The second-order valence-electron chi connectivity index (χ2n) is 8.39. The van der Waals surface area contributed by atoms with Crippen LogP contribution in [0.2, 0.25) is 10.0 Å². The van der Waals surface area contributed by atoms with E-state index in [2.05, 4.69) is 16.0 Å². The predicted molar refractivity (Wildman–Crippen MR) is 122 cm³/mol. The third-order valence-electron chi connectivity index (χ3n) is 5.88. The minimum Gasteiger partial charge on any atom is -0.390 e. The number of hydrogen-bond acceptors (Lipinski definition) is 4. The van der Waals surface area contributed by atoms with Crippen LogP contribution >= 0.6 is 23.2 Å². The lowest BCUT2D eigenvalue weighted by molar-refractivity contribution is -0.121. The second kappa shape index (κ2) is 8.73. The zero-order chi connectivity index (χ0) is 23.0. The molecule has 1 unspecified atom stereocenters. The van der Waals surface area contributed by atoms with Gasteiger partial charge in [0.15, 0.2) is 0 Å². The topological polar surface area (TPSA) is 90.5 Å². The molecule has 0 saturated heterocycles. The van der Waals surface area contributed by atoms with Gasteiger partial charge in [-0.15, -0.1) is 0 Å². The van der Waals surface area contributed by atoms with Gasteiger partial charge in [-0.2, -0.15) is 0 Å². The molecule has 0 bridgehead atoms. The van der Waals surface area contributed by atoms with Crippen LogP contribution in [0.25, 0.3) is 5.57 Å². The third-order valence-corrected chi connectivity index (χ3v) is 6.41. The van der Waals surface area contributed by atoms with E-state index < -0.39 is 17.3 Å². The summed E-state index contributed by atoms with van der Waals surface area (Å²) >= 11 is 12.1. The lowest BCUT2D eigenvalue weighted by Crippen LogP contribution is -2.54. The van der Waals surface area contributed by atoms with Crippen LogP contribution in [0.5, 0.6) is 0 Å². The summed E-state index contributed by atoms with van der Waals surface area (Å²) in [6, 6.07) is 9.48. The monoisotopic (exact) mass is 477 g/mol. The Bertz CT molecular complexity index is 1110. The Balaban J connectivity index is 1.78. The van der Waals surface area contributed by atoms with E-state index in [9.17, 15) is 14.7 Å². The Morgan fingerprint density at radius 2 is 2.03 bits per heavy atom. The number of hydrogen-bond donors (Lipinski definition) is 4. The van der Waals surface area contributed by atoms with Gasteiger partial charge in [0.05, 0.1) is 10.6 Å². The van der Waals surface area contributed by atoms with Gasteiger partial charge in [0.25, 0.3) is 5.91 Å². The van der Waals surface area contributed by atoms with Gasteiger partial charge >= 0.3 is 0 Å². The highest BCUT2D eigenvalue weighted by Crippen LogP contribution is 2.43. The molecule has 2 aliphatic rings. The van der Waals surface area contributed by atoms with Crippen LogP contribution in [0.4, 0.5) is 10.1 Å². The normalized spacial score (nSPS) is 24.5. The van der Waals surface area contributed by atoms with Crippen LogP contribution in [0.3, 0.4) is 0 Å². The summed E-state index contributed by atoms with van der Waals surface area (Å²) in [5, 5.41) is 19.0. The summed E-state index contributed by atoms with van der Waals surface area (Å²) in [5.74, 6) is -1.47. The number of halogens is 3. The minimum atomic E-state index is -0.793. The van der Waals surface area contributed by atoms with Gasteiger partial charge in [0, 0.05) is 40.4 Å². The highest BCUT2D eigenvalue weighted by Gasteiger charge is 2.41. The van der Waals surface area contributed by atoms with Gasteiger partial charge in [-0.3, -0.25) is 9.59 Å². The number of nitrogens with one attached hydrogen (secondary N) is 3. The van der Waals surface area contributed by atoms with Gasteiger partial charge in [0.1, 0.15) is 11.5 Å². The van der Waals surface area contributed by atoms with E-state index in [1.165, 1.54) is 6.07 Å². The molecule has 4 rings (SSSR count). The molecule has 0 radical (unpaired) electrons. The van der Waals surface area contributed by atoms with Crippen LogP contribution in [-0.4, -0.2) is 35.6 Å². The summed E-state index contributed by atoms with van der Waals surface area (Å²) in [5.41, 5.74) is 1.22. The molecule has 1 fully saturated rings. The van der Waals surface area contributed by atoms with Crippen molar-refractivity contribution in [2.45, 2.75) is 37.3 Å². The van der Waals surface area contributed by atoms with E-state index in [1.807, 2.05) is 0 Å². The van der Waals surface area contributed by atoms with Crippen molar-refractivity contribution in [2.75, 3.05) is 11.9 Å². The number of aliphatic hydroxyl groups is 1. The SMILES string of the molecule is CC1(O)CC(NC(=O)C2=C(c3cccc(Cl)c3F)C(c3ccc(Cl)cc3NC=O)CN2)C1. The zero-order valence-corrected chi connectivity index (χ0v) is 18.7. The Morgan fingerprint density at radius 3 is 2.72 bits per heavy atom. The molecule has 9 heteroatoms. The Hall–Kier alpha value is -2.61. The second-order valence-corrected chi connectivity index (χ2v) is 9.24. The number of anilines is 1. The quantitative estimate of drug-likeness (QED) is 0.476.